The minimum absolute atomic E-state index is 0.452. The molecule has 0 fully saturated rings. The van der Waals surface area contributed by atoms with Gasteiger partial charge >= 0.3 is 0 Å². The molecular formula is C16H22N4O. The molecule has 5 nitrogen and oxygen atoms in total. The molecule has 0 aliphatic heterocycles. The number of nitrogens with zero attached hydrogens (tertiary/aromatic N) is 3. The van der Waals surface area contributed by atoms with Crippen molar-refractivity contribution in [2.24, 2.45) is 0 Å². The average molecular weight is 286 g/mol. The van der Waals surface area contributed by atoms with Gasteiger partial charge in [-0.25, -0.2) is 4.98 Å². The van der Waals surface area contributed by atoms with Gasteiger partial charge in [0.15, 0.2) is 5.82 Å². The Morgan fingerprint density at radius 2 is 2.05 bits per heavy atom. The van der Waals surface area contributed by atoms with Crippen LogP contribution in [0.4, 0.5) is 17.2 Å². The zero-order valence-corrected chi connectivity index (χ0v) is 12.8. The van der Waals surface area contributed by atoms with Crippen LogP contribution in [0.2, 0.25) is 0 Å². The van der Waals surface area contributed by atoms with Crippen molar-refractivity contribution in [2.75, 3.05) is 23.8 Å². The fraction of sp³-hybridized carbons (Fsp3) is 0.375. The first-order valence-electron chi connectivity index (χ1n) is 7.24. The number of aryl methyl sites for hydroxylation is 1. The molecule has 1 aromatic carbocycles. The highest BCUT2D eigenvalue weighted by Crippen LogP contribution is 2.32. The predicted octanol–water partition coefficient (Wildman–Crippen LogP) is 3.31. The van der Waals surface area contributed by atoms with Crippen LogP contribution in [0.1, 0.15) is 25.8 Å². The Labute approximate surface area is 125 Å². The van der Waals surface area contributed by atoms with Crippen molar-refractivity contribution in [2.45, 2.75) is 27.2 Å². The molecule has 5 heteroatoms. The molecule has 0 aliphatic carbocycles. The lowest BCUT2D eigenvalue weighted by atomic mass is 10.2. The number of anilines is 3. The highest BCUT2D eigenvalue weighted by atomic mass is 16.5. The van der Waals surface area contributed by atoms with Crippen molar-refractivity contribution in [3.8, 4) is 5.88 Å². The zero-order valence-electron chi connectivity index (χ0n) is 12.8. The summed E-state index contributed by atoms with van der Waals surface area (Å²) in [5.41, 5.74) is 8.92. The van der Waals surface area contributed by atoms with Crippen molar-refractivity contribution in [3.63, 3.8) is 0 Å². The number of aromatic nitrogens is 2. The summed E-state index contributed by atoms with van der Waals surface area (Å²) in [6.45, 7) is 7.53. The van der Waals surface area contributed by atoms with Gasteiger partial charge in [0.2, 0.25) is 5.88 Å². The van der Waals surface area contributed by atoms with E-state index in [4.69, 9.17) is 10.5 Å². The molecule has 1 heterocycles. The summed E-state index contributed by atoms with van der Waals surface area (Å²) in [7, 11) is 0. The number of hydrogen-bond donors (Lipinski definition) is 1. The third kappa shape index (κ3) is 3.42. The highest BCUT2D eigenvalue weighted by Gasteiger charge is 2.16. The number of rotatable bonds is 6. The maximum atomic E-state index is 6.18. The SMILES string of the molecule is CCCOc1ncnc(N(CC)c2cccc(C)c2)c1N. The second-order valence-electron chi connectivity index (χ2n) is 4.85. The van der Waals surface area contributed by atoms with Crippen LogP contribution >= 0.6 is 0 Å². The van der Waals surface area contributed by atoms with Crippen molar-refractivity contribution < 1.29 is 4.74 Å². The Bertz CT molecular complexity index is 601. The summed E-state index contributed by atoms with van der Waals surface area (Å²) >= 11 is 0. The van der Waals surface area contributed by atoms with E-state index >= 15 is 0 Å². The smallest absolute Gasteiger partial charge is 0.242 e. The first-order chi connectivity index (χ1) is 10.2. The topological polar surface area (TPSA) is 64.3 Å². The third-order valence-corrected chi connectivity index (χ3v) is 3.15. The van der Waals surface area contributed by atoms with E-state index < -0.39 is 0 Å². The van der Waals surface area contributed by atoms with Crippen LogP contribution in [0.15, 0.2) is 30.6 Å². The standard InChI is InChI=1S/C16H22N4O/c1-4-9-21-16-14(17)15(18-11-19-16)20(5-2)13-8-6-7-12(3)10-13/h6-8,10-11H,4-5,9,17H2,1-3H3. The number of hydrogen-bond acceptors (Lipinski definition) is 5. The molecule has 0 radical (unpaired) electrons. The maximum absolute atomic E-state index is 6.18. The van der Waals surface area contributed by atoms with Gasteiger partial charge in [0.25, 0.3) is 0 Å². The molecular weight excluding hydrogens is 264 g/mol. The highest BCUT2D eigenvalue weighted by molar-refractivity contribution is 5.74. The molecule has 0 unspecified atom stereocenters. The second kappa shape index (κ2) is 6.92. The van der Waals surface area contributed by atoms with E-state index in [1.807, 2.05) is 19.1 Å². The molecule has 112 valence electrons. The summed E-state index contributed by atoms with van der Waals surface area (Å²) in [5, 5.41) is 0. The number of benzene rings is 1. The van der Waals surface area contributed by atoms with E-state index in [9.17, 15) is 0 Å². The Morgan fingerprint density at radius 1 is 1.24 bits per heavy atom. The Hall–Kier alpha value is -2.30. The minimum atomic E-state index is 0.452. The van der Waals surface area contributed by atoms with E-state index in [0.29, 0.717) is 24.0 Å². The normalized spacial score (nSPS) is 10.4. The summed E-state index contributed by atoms with van der Waals surface area (Å²) in [4.78, 5) is 10.5. The van der Waals surface area contributed by atoms with Gasteiger partial charge in [-0.1, -0.05) is 19.1 Å². The Morgan fingerprint density at radius 3 is 2.71 bits per heavy atom. The Balaban J connectivity index is 2.38. The van der Waals surface area contributed by atoms with Crippen LogP contribution < -0.4 is 15.4 Å². The van der Waals surface area contributed by atoms with Crippen molar-refractivity contribution in [1.29, 1.82) is 0 Å². The van der Waals surface area contributed by atoms with Crippen LogP contribution in [0.25, 0.3) is 0 Å². The quantitative estimate of drug-likeness (QED) is 0.882. The summed E-state index contributed by atoms with van der Waals surface area (Å²) in [6, 6.07) is 8.25. The van der Waals surface area contributed by atoms with Crippen LogP contribution in [0.5, 0.6) is 5.88 Å². The van der Waals surface area contributed by atoms with Crippen LogP contribution in [-0.2, 0) is 0 Å². The minimum Gasteiger partial charge on any atom is -0.476 e. The fourth-order valence-corrected chi connectivity index (χ4v) is 2.15. The van der Waals surface area contributed by atoms with E-state index in [-0.39, 0.29) is 0 Å². The molecule has 0 saturated heterocycles. The average Bonchev–Trinajstić information content (AvgIpc) is 2.48. The van der Waals surface area contributed by atoms with Crippen molar-refractivity contribution in [1.82, 2.24) is 9.97 Å². The molecule has 0 bridgehead atoms. The summed E-state index contributed by atoms with van der Waals surface area (Å²) in [5.74, 6) is 1.14. The predicted molar refractivity (Wildman–Crippen MR) is 86.1 cm³/mol. The van der Waals surface area contributed by atoms with E-state index in [1.165, 1.54) is 11.9 Å². The molecule has 0 amide bonds. The van der Waals surface area contributed by atoms with Gasteiger partial charge in [0.05, 0.1) is 6.61 Å². The van der Waals surface area contributed by atoms with Crippen LogP contribution in [0.3, 0.4) is 0 Å². The molecule has 21 heavy (non-hydrogen) atoms. The number of nitrogens with two attached hydrogens (primary N) is 1. The van der Waals surface area contributed by atoms with Crippen LogP contribution in [0, 0.1) is 6.92 Å². The number of ether oxygens (including phenoxy) is 1. The number of nitrogen functional groups attached to an aromatic ring is 1. The lowest BCUT2D eigenvalue weighted by molar-refractivity contribution is 0.306. The monoisotopic (exact) mass is 286 g/mol. The van der Waals surface area contributed by atoms with Gasteiger partial charge in [-0.3, -0.25) is 0 Å². The molecule has 0 aliphatic rings. The van der Waals surface area contributed by atoms with Gasteiger partial charge in [-0.2, -0.15) is 4.98 Å². The molecule has 2 rings (SSSR count). The van der Waals surface area contributed by atoms with Gasteiger partial charge in [0.1, 0.15) is 12.0 Å². The van der Waals surface area contributed by atoms with Crippen LogP contribution in [-0.4, -0.2) is 23.1 Å². The first kappa shape index (κ1) is 15.1. The van der Waals surface area contributed by atoms with E-state index in [1.54, 1.807) is 0 Å². The molecule has 0 spiro atoms. The van der Waals surface area contributed by atoms with E-state index in [2.05, 4.69) is 40.8 Å². The van der Waals surface area contributed by atoms with Gasteiger partial charge in [-0.15, -0.1) is 0 Å². The van der Waals surface area contributed by atoms with E-state index in [0.717, 1.165) is 18.7 Å². The molecule has 1 aromatic heterocycles. The summed E-state index contributed by atoms with van der Waals surface area (Å²) in [6.07, 6.45) is 2.41. The van der Waals surface area contributed by atoms with Gasteiger partial charge < -0.3 is 15.4 Å². The second-order valence-corrected chi connectivity index (χ2v) is 4.85. The maximum Gasteiger partial charge on any atom is 0.242 e. The zero-order chi connectivity index (χ0) is 15.2. The summed E-state index contributed by atoms with van der Waals surface area (Å²) < 4.78 is 5.58. The fourth-order valence-electron chi connectivity index (χ4n) is 2.15. The lowest BCUT2D eigenvalue weighted by Crippen LogP contribution is -2.20. The van der Waals surface area contributed by atoms with Crippen molar-refractivity contribution in [3.05, 3.63) is 36.2 Å². The van der Waals surface area contributed by atoms with Crippen molar-refractivity contribution >= 4 is 17.2 Å². The van der Waals surface area contributed by atoms with Gasteiger partial charge in [-0.05, 0) is 38.0 Å². The third-order valence-electron chi connectivity index (χ3n) is 3.15. The van der Waals surface area contributed by atoms with Gasteiger partial charge in [0, 0.05) is 12.2 Å². The molecule has 2 aromatic rings. The molecule has 0 saturated carbocycles. The molecule has 2 N–H and O–H groups in total. The largest absolute Gasteiger partial charge is 0.476 e. The lowest BCUT2D eigenvalue weighted by Gasteiger charge is -2.24. The first-order valence-corrected chi connectivity index (χ1v) is 7.24. The Kier molecular flexibility index (Phi) is 4.98. The molecule has 0 atom stereocenters.